The number of hydrogen-bond donors (Lipinski definition) is 0. The maximum absolute atomic E-state index is 12.7. The largest absolute Gasteiger partial charge is 0.497 e. The first-order valence-electron chi connectivity index (χ1n) is 9.57. The molecule has 0 aliphatic carbocycles. The molecule has 2 aliphatic heterocycles. The van der Waals surface area contributed by atoms with Crippen LogP contribution in [0.4, 0.5) is 0 Å². The summed E-state index contributed by atoms with van der Waals surface area (Å²) in [6.45, 7) is 1.49. The minimum absolute atomic E-state index is 0.0397. The highest BCUT2D eigenvalue weighted by molar-refractivity contribution is 9.10. The number of ether oxygens (including phenoxy) is 1. The van der Waals surface area contributed by atoms with Crippen LogP contribution in [0.3, 0.4) is 0 Å². The van der Waals surface area contributed by atoms with Crippen LogP contribution < -0.4 is 4.74 Å². The lowest BCUT2D eigenvalue weighted by atomic mass is 9.99. The summed E-state index contributed by atoms with van der Waals surface area (Å²) < 4.78 is 6.04. The lowest BCUT2D eigenvalue weighted by Gasteiger charge is -2.29. The number of fused-ring (bicyclic) bond motifs is 2. The average Bonchev–Trinajstić information content (AvgIpc) is 2.96. The molecule has 0 fully saturated rings. The predicted molar refractivity (Wildman–Crippen MR) is 111 cm³/mol. The Balaban J connectivity index is 1.34. The van der Waals surface area contributed by atoms with E-state index in [-0.39, 0.29) is 24.3 Å². The first kappa shape index (κ1) is 19.6. The maximum Gasteiger partial charge on any atom is 0.261 e. The molecule has 0 radical (unpaired) electrons. The highest BCUT2D eigenvalue weighted by atomic mass is 79.9. The third-order valence-electron chi connectivity index (χ3n) is 5.48. The van der Waals surface area contributed by atoms with E-state index in [2.05, 4.69) is 22.0 Å². The second-order valence-electron chi connectivity index (χ2n) is 7.26. The molecule has 4 rings (SSSR count). The first-order valence-corrected chi connectivity index (χ1v) is 10.4. The van der Waals surface area contributed by atoms with Crippen molar-refractivity contribution in [2.45, 2.75) is 25.8 Å². The Morgan fingerprint density at radius 3 is 2.66 bits per heavy atom. The number of amides is 3. The van der Waals surface area contributed by atoms with Gasteiger partial charge in [0.05, 0.1) is 18.2 Å². The van der Waals surface area contributed by atoms with Crippen LogP contribution in [-0.4, -0.2) is 47.7 Å². The average molecular weight is 457 g/mol. The van der Waals surface area contributed by atoms with E-state index in [4.69, 9.17) is 4.74 Å². The smallest absolute Gasteiger partial charge is 0.261 e. The summed E-state index contributed by atoms with van der Waals surface area (Å²) in [5.74, 6) is 0.245. The van der Waals surface area contributed by atoms with Crippen LogP contribution in [0.5, 0.6) is 5.75 Å². The van der Waals surface area contributed by atoms with Gasteiger partial charge in [-0.05, 0) is 54.3 Å². The predicted octanol–water partition coefficient (Wildman–Crippen LogP) is 3.42. The zero-order valence-electron chi connectivity index (χ0n) is 16.1. The summed E-state index contributed by atoms with van der Waals surface area (Å²) in [5, 5.41) is 0. The van der Waals surface area contributed by atoms with Crippen LogP contribution in [0.25, 0.3) is 0 Å². The van der Waals surface area contributed by atoms with Crippen molar-refractivity contribution < 1.29 is 19.1 Å². The van der Waals surface area contributed by atoms with Gasteiger partial charge in [-0.1, -0.05) is 22.0 Å². The molecule has 7 heteroatoms. The summed E-state index contributed by atoms with van der Waals surface area (Å²) >= 11 is 3.33. The minimum atomic E-state index is -0.294. The zero-order chi connectivity index (χ0) is 20.5. The molecule has 0 saturated heterocycles. The number of methoxy groups -OCH3 is 1. The molecule has 3 amide bonds. The molecule has 0 bridgehead atoms. The number of carbonyl (C=O) groups is 3. The SMILES string of the molecule is COc1ccc2c(c1)CN(C(=O)CCCN1C(=O)c3ccc(Br)cc3C1=O)CC2. The number of halogens is 1. The number of benzene rings is 2. The van der Waals surface area contributed by atoms with Crippen molar-refractivity contribution in [2.24, 2.45) is 0 Å². The molecule has 0 N–H and O–H groups in total. The lowest BCUT2D eigenvalue weighted by Crippen LogP contribution is -2.37. The van der Waals surface area contributed by atoms with Crippen LogP contribution in [0.2, 0.25) is 0 Å². The van der Waals surface area contributed by atoms with E-state index in [1.165, 1.54) is 10.5 Å². The van der Waals surface area contributed by atoms with E-state index in [1.54, 1.807) is 25.3 Å². The Labute approximate surface area is 177 Å². The van der Waals surface area contributed by atoms with Gasteiger partial charge in [-0.3, -0.25) is 19.3 Å². The number of hydrogen-bond acceptors (Lipinski definition) is 4. The fraction of sp³-hybridized carbons (Fsp3) is 0.318. The van der Waals surface area contributed by atoms with E-state index in [0.29, 0.717) is 37.1 Å². The maximum atomic E-state index is 12.7. The Morgan fingerprint density at radius 1 is 1.07 bits per heavy atom. The zero-order valence-corrected chi connectivity index (χ0v) is 17.7. The Bertz CT molecular complexity index is 1000. The molecule has 29 heavy (non-hydrogen) atoms. The van der Waals surface area contributed by atoms with Gasteiger partial charge in [0.15, 0.2) is 0 Å². The first-order chi connectivity index (χ1) is 14.0. The molecule has 2 aromatic carbocycles. The number of nitrogens with zero attached hydrogens (tertiary/aromatic N) is 2. The fourth-order valence-electron chi connectivity index (χ4n) is 3.89. The molecule has 150 valence electrons. The number of carbonyl (C=O) groups excluding carboxylic acids is 3. The Hall–Kier alpha value is -2.67. The number of imide groups is 1. The highest BCUT2D eigenvalue weighted by Gasteiger charge is 2.35. The second-order valence-corrected chi connectivity index (χ2v) is 8.17. The van der Waals surface area contributed by atoms with Crippen LogP contribution in [0.15, 0.2) is 40.9 Å². The lowest BCUT2D eigenvalue weighted by molar-refractivity contribution is -0.132. The number of rotatable bonds is 5. The third kappa shape index (κ3) is 3.79. The normalized spacial score (nSPS) is 15.4. The summed E-state index contributed by atoms with van der Waals surface area (Å²) in [5.41, 5.74) is 3.19. The van der Waals surface area contributed by atoms with Crippen molar-refractivity contribution in [3.8, 4) is 5.75 Å². The third-order valence-corrected chi connectivity index (χ3v) is 5.98. The van der Waals surface area contributed by atoms with Crippen LogP contribution in [0, 0.1) is 0 Å². The van der Waals surface area contributed by atoms with E-state index in [9.17, 15) is 14.4 Å². The summed E-state index contributed by atoms with van der Waals surface area (Å²) in [6.07, 6.45) is 1.57. The van der Waals surface area contributed by atoms with Crippen LogP contribution in [0.1, 0.15) is 44.7 Å². The molecule has 0 unspecified atom stereocenters. The molecule has 0 spiro atoms. The molecule has 2 heterocycles. The Morgan fingerprint density at radius 2 is 1.86 bits per heavy atom. The van der Waals surface area contributed by atoms with Gasteiger partial charge in [0, 0.05) is 30.5 Å². The van der Waals surface area contributed by atoms with Crippen molar-refractivity contribution in [1.29, 1.82) is 0 Å². The molecular weight excluding hydrogens is 436 g/mol. The van der Waals surface area contributed by atoms with Crippen molar-refractivity contribution in [3.63, 3.8) is 0 Å². The Kier molecular flexibility index (Phi) is 5.41. The fourth-order valence-corrected chi connectivity index (χ4v) is 4.25. The van der Waals surface area contributed by atoms with Gasteiger partial charge in [-0.25, -0.2) is 0 Å². The molecule has 0 aromatic heterocycles. The second kappa shape index (κ2) is 7.99. The van der Waals surface area contributed by atoms with Gasteiger partial charge < -0.3 is 9.64 Å². The quantitative estimate of drug-likeness (QED) is 0.646. The topological polar surface area (TPSA) is 66.9 Å². The van der Waals surface area contributed by atoms with Crippen molar-refractivity contribution in [1.82, 2.24) is 9.80 Å². The molecule has 0 atom stereocenters. The van der Waals surface area contributed by atoms with Gasteiger partial charge in [0.1, 0.15) is 5.75 Å². The van der Waals surface area contributed by atoms with Crippen molar-refractivity contribution in [2.75, 3.05) is 20.2 Å². The molecule has 6 nitrogen and oxygen atoms in total. The monoisotopic (exact) mass is 456 g/mol. The molecule has 2 aliphatic rings. The van der Waals surface area contributed by atoms with E-state index in [1.807, 2.05) is 17.0 Å². The minimum Gasteiger partial charge on any atom is -0.497 e. The molecule has 0 saturated carbocycles. The summed E-state index contributed by atoms with van der Waals surface area (Å²) in [6, 6.07) is 11.0. The summed E-state index contributed by atoms with van der Waals surface area (Å²) in [4.78, 5) is 40.7. The van der Waals surface area contributed by atoms with E-state index >= 15 is 0 Å². The van der Waals surface area contributed by atoms with E-state index < -0.39 is 0 Å². The molecule has 2 aromatic rings. The van der Waals surface area contributed by atoms with Crippen LogP contribution >= 0.6 is 15.9 Å². The van der Waals surface area contributed by atoms with Gasteiger partial charge in [-0.2, -0.15) is 0 Å². The van der Waals surface area contributed by atoms with Gasteiger partial charge in [-0.15, -0.1) is 0 Å². The van der Waals surface area contributed by atoms with Crippen molar-refractivity contribution in [3.05, 3.63) is 63.1 Å². The van der Waals surface area contributed by atoms with Gasteiger partial charge in [0.25, 0.3) is 11.8 Å². The highest BCUT2D eigenvalue weighted by Crippen LogP contribution is 2.27. The van der Waals surface area contributed by atoms with Crippen LogP contribution in [-0.2, 0) is 17.8 Å². The van der Waals surface area contributed by atoms with Gasteiger partial charge >= 0.3 is 0 Å². The van der Waals surface area contributed by atoms with Crippen molar-refractivity contribution >= 4 is 33.7 Å². The summed E-state index contributed by atoms with van der Waals surface area (Å²) in [7, 11) is 1.63. The van der Waals surface area contributed by atoms with E-state index in [0.717, 1.165) is 22.2 Å². The standard InChI is InChI=1S/C22H21BrN2O4/c1-29-17-6-4-14-8-10-24(13-15(14)11-17)20(26)3-2-9-25-21(27)18-7-5-16(23)12-19(18)22(25)28/h4-7,11-12H,2-3,8-10,13H2,1H3. The molecular formula is C22H21BrN2O4. The van der Waals surface area contributed by atoms with Gasteiger partial charge in [0.2, 0.25) is 5.91 Å².